The van der Waals surface area contributed by atoms with Crippen LogP contribution in [0.1, 0.15) is 26.2 Å². The summed E-state index contributed by atoms with van der Waals surface area (Å²) >= 11 is 0. The molecule has 2 unspecified atom stereocenters. The van der Waals surface area contributed by atoms with Crippen molar-refractivity contribution in [3.05, 3.63) is 11.6 Å². The van der Waals surface area contributed by atoms with Gasteiger partial charge in [-0.05, 0) is 32.7 Å². The van der Waals surface area contributed by atoms with Gasteiger partial charge < -0.3 is 10.1 Å². The molecule has 2 nitrogen and oxygen atoms in total. The van der Waals surface area contributed by atoms with Crippen molar-refractivity contribution in [1.82, 2.24) is 5.32 Å². The Bertz CT molecular complexity index is 180. The van der Waals surface area contributed by atoms with E-state index in [1.807, 2.05) is 0 Å². The third-order valence-corrected chi connectivity index (χ3v) is 2.66. The molecule has 0 aromatic heterocycles. The standard InChI is InChI=1S/C10H17NO/c1-8-2-3-10(12-8)6-9-4-5-11-7-9/h6,8,10-11H,2-5,7H2,1H3/b9-6-. The van der Waals surface area contributed by atoms with Gasteiger partial charge in [-0.2, -0.15) is 0 Å². The lowest BCUT2D eigenvalue weighted by atomic mass is 10.1. The van der Waals surface area contributed by atoms with E-state index in [-0.39, 0.29) is 0 Å². The molecule has 2 aliphatic rings. The highest BCUT2D eigenvalue weighted by atomic mass is 16.5. The topological polar surface area (TPSA) is 21.3 Å². The van der Waals surface area contributed by atoms with E-state index in [1.165, 1.54) is 24.8 Å². The molecule has 1 N–H and O–H groups in total. The summed E-state index contributed by atoms with van der Waals surface area (Å²) in [4.78, 5) is 0. The van der Waals surface area contributed by atoms with Crippen LogP contribution in [0.5, 0.6) is 0 Å². The number of hydrogen-bond acceptors (Lipinski definition) is 2. The first kappa shape index (κ1) is 8.27. The predicted molar refractivity (Wildman–Crippen MR) is 49.1 cm³/mol. The number of ether oxygens (including phenoxy) is 1. The second-order valence-electron chi connectivity index (χ2n) is 3.81. The molecule has 0 spiro atoms. The van der Waals surface area contributed by atoms with Gasteiger partial charge >= 0.3 is 0 Å². The molecule has 0 aliphatic carbocycles. The van der Waals surface area contributed by atoms with Gasteiger partial charge in [-0.3, -0.25) is 0 Å². The van der Waals surface area contributed by atoms with Crippen LogP contribution in [0.2, 0.25) is 0 Å². The van der Waals surface area contributed by atoms with Crippen LogP contribution in [0, 0.1) is 0 Å². The third kappa shape index (κ3) is 1.87. The van der Waals surface area contributed by atoms with Crippen molar-refractivity contribution in [2.24, 2.45) is 0 Å². The average molecular weight is 167 g/mol. The summed E-state index contributed by atoms with van der Waals surface area (Å²) in [5.41, 5.74) is 1.54. The molecular formula is C10H17NO. The molecule has 2 fully saturated rings. The molecule has 0 bridgehead atoms. The molecule has 2 heteroatoms. The highest BCUT2D eigenvalue weighted by Crippen LogP contribution is 2.22. The van der Waals surface area contributed by atoms with E-state index < -0.39 is 0 Å². The second-order valence-corrected chi connectivity index (χ2v) is 3.81. The zero-order valence-corrected chi connectivity index (χ0v) is 7.68. The minimum atomic E-state index is 0.412. The maximum atomic E-state index is 5.72. The van der Waals surface area contributed by atoms with E-state index in [2.05, 4.69) is 18.3 Å². The quantitative estimate of drug-likeness (QED) is 0.597. The fourth-order valence-electron chi connectivity index (χ4n) is 1.95. The molecule has 2 rings (SSSR count). The lowest BCUT2D eigenvalue weighted by molar-refractivity contribution is 0.0828. The Morgan fingerprint density at radius 1 is 1.50 bits per heavy atom. The third-order valence-electron chi connectivity index (χ3n) is 2.66. The first-order valence-corrected chi connectivity index (χ1v) is 4.90. The van der Waals surface area contributed by atoms with Crippen molar-refractivity contribution in [2.45, 2.75) is 38.4 Å². The van der Waals surface area contributed by atoms with Gasteiger partial charge in [-0.1, -0.05) is 11.6 Å². The van der Waals surface area contributed by atoms with Gasteiger partial charge in [-0.15, -0.1) is 0 Å². The Kier molecular flexibility index (Phi) is 2.47. The molecule has 0 radical (unpaired) electrons. The Balaban J connectivity index is 1.89. The summed E-state index contributed by atoms with van der Waals surface area (Å²) in [6, 6.07) is 0. The Morgan fingerprint density at radius 3 is 3.00 bits per heavy atom. The molecule has 2 heterocycles. The predicted octanol–water partition coefficient (Wildman–Crippen LogP) is 1.47. The minimum absolute atomic E-state index is 0.412. The monoisotopic (exact) mass is 167 g/mol. The first-order chi connectivity index (χ1) is 5.84. The SMILES string of the molecule is CC1CCC(/C=C2/CCNC2)O1. The van der Waals surface area contributed by atoms with Gasteiger partial charge in [0.05, 0.1) is 12.2 Å². The molecule has 0 aromatic rings. The van der Waals surface area contributed by atoms with Crippen molar-refractivity contribution in [2.75, 3.05) is 13.1 Å². The molecular weight excluding hydrogens is 150 g/mol. The normalized spacial score (nSPS) is 39.6. The van der Waals surface area contributed by atoms with E-state index in [4.69, 9.17) is 4.74 Å². The van der Waals surface area contributed by atoms with Gasteiger partial charge in [-0.25, -0.2) is 0 Å². The molecule has 2 saturated heterocycles. The molecule has 0 aromatic carbocycles. The van der Waals surface area contributed by atoms with Crippen molar-refractivity contribution in [3.8, 4) is 0 Å². The van der Waals surface area contributed by atoms with Crippen molar-refractivity contribution in [3.63, 3.8) is 0 Å². The van der Waals surface area contributed by atoms with Crippen molar-refractivity contribution in [1.29, 1.82) is 0 Å². The van der Waals surface area contributed by atoms with Crippen LogP contribution in [0.15, 0.2) is 11.6 Å². The molecule has 0 amide bonds. The fraction of sp³-hybridized carbons (Fsp3) is 0.800. The van der Waals surface area contributed by atoms with Gasteiger partial charge in [0, 0.05) is 6.54 Å². The minimum Gasteiger partial charge on any atom is -0.371 e. The van der Waals surface area contributed by atoms with Crippen LogP contribution in [-0.4, -0.2) is 25.3 Å². The largest absolute Gasteiger partial charge is 0.371 e. The molecule has 0 saturated carbocycles. The van der Waals surface area contributed by atoms with E-state index in [1.54, 1.807) is 0 Å². The zero-order chi connectivity index (χ0) is 8.39. The lowest BCUT2D eigenvalue weighted by Crippen LogP contribution is -2.08. The van der Waals surface area contributed by atoms with Crippen molar-refractivity contribution >= 4 is 0 Å². The van der Waals surface area contributed by atoms with Gasteiger partial charge in [0.25, 0.3) is 0 Å². The van der Waals surface area contributed by atoms with E-state index in [0.29, 0.717) is 12.2 Å². The molecule has 2 atom stereocenters. The second kappa shape index (κ2) is 3.58. The number of rotatable bonds is 1. The Morgan fingerprint density at radius 2 is 2.42 bits per heavy atom. The summed E-state index contributed by atoms with van der Waals surface area (Å²) in [5, 5.41) is 3.33. The molecule has 2 aliphatic heterocycles. The van der Waals surface area contributed by atoms with Crippen LogP contribution >= 0.6 is 0 Å². The van der Waals surface area contributed by atoms with Gasteiger partial charge in [0.2, 0.25) is 0 Å². The van der Waals surface area contributed by atoms with E-state index in [0.717, 1.165) is 13.1 Å². The lowest BCUT2D eigenvalue weighted by Gasteiger charge is -2.06. The number of hydrogen-bond donors (Lipinski definition) is 1. The average Bonchev–Trinajstić information content (AvgIpc) is 2.63. The van der Waals surface area contributed by atoms with E-state index >= 15 is 0 Å². The first-order valence-electron chi connectivity index (χ1n) is 4.90. The molecule has 12 heavy (non-hydrogen) atoms. The smallest absolute Gasteiger partial charge is 0.0763 e. The molecule has 68 valence electrons. The van der Waals surface area contributed by atoms with Gasteiger partial charge in [0.15, 0.2) is 0 Å². The maximum Gasteiger partial charge on any atom is 0.0763 e. The summed E-state index contributed by atoms with van der Waals surface area (Å²) in [6.07, 6.45) is 6.86. The van der Waals surface area contributed by atoms with E-state index in [9.17, 15) is 0 Å². The van der Waals surface area contributed by atoms with Crippen LogP contribution in [0.25, 0.3) is 0 Å². The number of nitrogens with one attached hydrogen (secondary N) is 1. The van der Waals surface area contributed by atoms with Crippen molar-refractivity contribution < 1.29 is 4.74 Å². The summed E-state index contributed by atoms with van der Waals surface area (Å²) in [5.74, 6) is 0. The van der Waals surface area contributed by atoms with Gasteiger partial charge in [0.1, 0.15) is 0 Å². The maximum absolute atomic E-state index is 5.72. The van der Waals surface area contributed by atoms with Crippen LogP contribution < -0.4 is 5.32 Å². The summed E-state index contributed by atoms with van der Waals surface area (Å²) < 4.78 is 5.72. The zero-order valence-electron chi connectivity index (χ0n) is 7.68. The summed E-state index contributed by atoms with van der Waals surface area (Å²) in [6.45, 7) is 4.38. The van der Waals surface area contributed by atoms with Crippen LogP contribution in [-0.2, 0) is 4.74 Å². The Labute approximate surface area is 74.0 Å². The fourth-order valence-corrected chi connectivity index (χ4v) is 1.95. The van der Waals surface area contributed by atoms with Crippen LogP contribution in [0.3, 0.4) is 0 Å². The Hall–Kier alpha value is -0.340. The highest BCUT2D eigenvalue weighted by Gasteiger charge is 2.20. The summed E-state index contributed by atoms with van der Waals surface area (Å²) in [7, 11) is 0. The highest BCUT2D eigenvalue weighted by molar-refractivity contribution is 5.12. The van der Waals surface area contributed by atoms with Crippen LogP contribution in [0.4, 0.5) is 0 Å².